The molecule has 2 aromatic rings. The molecular weight excluding hydrogens is 240 g/mol. The molecule has 6 heteroatoms. The van der Waals surface area contributed by atoms with E-state index in [9.17, 15) is 13.6 Å². The average molecular weight is 253 g/mol. The number of rotatable bonds is 3. The molecule has 0 radical (unpaired) electrons. The predicted octanol–water partition coefficient (Wildman–Crippen LogP) is 1.98. The molecule has 18 heavy (non-hydrogen) atoms. The largest absolute Gasteiger partial charge is 0.393 e. The normalized spacial score (nSPS) is 10.8. The first-order chi connectivity index (χ1) is 8.54. The van der Waals surface area contributed by atoms with Crippen molar-refractivity contribution < 1.29 is 8.78 Å². The molecular formula is C12H13F2N3O. The van der Waals surface area contributed by atoms with Crippen LogP contribution in [0.25, 0.3) is 5.69 Å². The summed E-state index contributed by atoms with van der Waals surface area (Å²) in [7, 11) is 0. The van der Waals surface area contributed by atoms with Gasteiger partial charge in [-0.1, -0.05) is 13.3 Å². The number of nitrogens with two attached hydrogens (primary N) is 1. The van der Waals surface area contributed by atoms with Crippen LogP contribution < -0.4 is 11.3 Å². The minimum atomic E-state index is -0.818. The topological polar surface area (TPSA) is 63.8 Å². The third-order valence-electron chi connectivity index (χ3n) is 2.66. The van der Waals surface area contributed by atoms with E-state index in [-0.39, 0.29) is 11.4 Å². The second-order valence-corrected chi connectivity index (χ2v) is 3.99. The predicted molar refractivity (Wildman–Crippen MR) is 64.7 cm³/mol. The van der Waals surface area contributed by atoms with Crippen molar-refractivity contribution >= 4 is 5.69 Å². The molecule has 0 bridgehead atoms. The first-order valence-electron chi connectivity index (χ1n) is 5.59. The van der Waals surface area contributed by atoms with Crippen molar-refractivity contribution in [1.29, 1.82) is 0 Å². The zero-order valence-electron chi connectivity index (χ0n) is 9.84. The molecule has 0 spiro atoms. The van der Waals surface area contributed by atoms with Gasteiger partial charge in [-0.2, -0.15) is 0 Å². The molecule has 0 unspecified atom stereocenters. The molecule has 3 N–H and O–H groups in total. The van der Waals surface area contributed by atoms with Crippen LogP contribution in [0.2, 0.25) is 0 Å². The number of nitrogen functional groups attached to an aromatic ring is 1. The molecule has 0 aliphatic heterocycles. The molecule has 0 saturated heterocycles. The van der Waals surface area contributed by atoms with Gasteiger partial charge in [-0.05, 0) is 18.6 Å². The van der Waals surface area contributed by atoms with Crippen molar-refractivity contribution in [2.75, 3.05) is 5.73 Å². The highest BCUT2D eigenvalue weighted by Gasteiger charge is 2.14. The zero-order chi connectivity index (χ0) is 13.3. The summed E-state index contributed by atoms with van der Waals surface area (Å²) in [6, 6.07) is 3.00. The maximum atomic E-state index is 13.6. The van der Waals surface area contributed by atoms with Gasteiger partial charge in [0.2, 0.25) is 0 Å². The van der Waals surface area contributed by atoms with Crippen LogP contribution in [0.3, 0.4) is 0 Å². The molecule has 0 aliphatic rings. The molecule has 0 aliphatic carbocycles. The van der Waals surface area contributed by atoms with Crippen molar-refractivity contribution in [3.8, 4) is 5.69 Å². The molecule has 0 amide bonds. The maximum Gasteiger partial charge on any atom is 0.294 e. The molecule has 2 rings (SSSR count). The van der Waals surface area contributed by atoms with Gasteiger partial charge in [-0.15, -0.1) is 0 Å². The van der Waals surface area contributed by atoms with E-state index >= 15 is 0 Å². The average Bonchev–Trinajstić information content (AvgIpc) is 2.58. The van der Waals surface area contributed by atoms with E-state index in [1.807, 2.05) is 6.92 Å². The minimum Gasteiger partial charge on any atom is -0.393 e. The van der Waals surface area contributed by atoms with E-state index in [2.05, 4.69) is 5.10 Å². The van der Waals surface area contributed by atoms with Gasteiger partial charge in [0.1, 0.15) is 17.2 Å². The summed E-state index contributed by atoms with van der Waals surface area (Å²) in [4.78, 5) is 11.8. The van der Waals surface area contributed by atoms with E-state index < -0.39 is 17.2 Å². The maximum absolute atomic E-state index is 13.6. The summed E-state index contributed by atoms with van der Waals surface area (Å²) in [5, 5.41) is 2.74. The van der Waals surface area contributed by atoms with Gasteiger partial charge in [0.25, 0.3) is 5.56 Å². The molecule has 96 valence electrons. The van der Waals surface area contributed by atoms with Gasteiger partial charge in [-0.3, -0.25) is 9.89 Å². The van der Waals surface area contributed by atoms with Gasteiger partial charge < -0.3 is 5.73 Å². The summed E-state index contributed by atoms with van der Waals surface area (Å²) in [5.41, 5.74) is 5.71. The van der Waals surface area contributed by atoms with Crippen molar-refractivity contribution in [3.05, 3.63) is 45.9 Å². The summed E-state index contributed by atoms with van der Waals surface area (Å²) in [5.74, 6) is -1.51. The van der Waals surface area contributed by atoms with Gasteiger partial charge in [0, 0.05) is 6.07 Å². The minimum absolute atomic E-state index is 0.0459. The monoisotopic (exact) mass is 253 g/mol. The summed E-state index contributed by atoms with van der Waals surface area (Å²) in [6.07, 6.45) is 1.40. The van der Waals surface area contributed by atoms with E-state index in [0.717, 1.165) is 23.2 Å². The fourth-order valence-electron chi connectivity index (χ4n) is 1.77. The number of aromatic amines is 1. The Morgan fingerprint density at radius 3 is 2.72 bits per heavy atom. The SMILES string of the molecule is CCCc1[nH]n(-c2ccc(F)cc2F)c(=O)c1N. The van der Waals surface area contributed by atoms with Crippen LogP contribution in [0, 0.1) is 11.6 Å². The van der Waals surface area contributed by atoms with Crippen LogP contribution in [0.5, 0.6) is 0 Å². The second-order valence-electron chi connectivity index (χ2n) is 3.99. The lowest BCUT2D eigenvalue weighted by molar-refractivity contribution is 0.571. The Kier molecular flexibility index (Phi) is 3.18. The summed E-state index contributed by atoms with van der Waals surface area (Å²) in [6.45, 7) is 1.94. The lowest BCUT2D eigenvalue weighted by Gasteiger charge is -2.03. The first kappa shape index (κ1) is 12.3. The Balaban J connectivity index is 2.57. The molecule has 1 aromatic carbocycles. The van der Waals surface area contributed by atoms with Gasteiger partial charge >= 0.3 is 0 Å². The van der Waals surface area contributed by atoms with Crippen molar-refractivity contribution in [3.63, 3.8) is 0 Å². The smallest absolute Gasteiger partial charge is 0.294 e. The van der Waals surface area contributed by atoms with E-state index in [0.29, 0.717) is 12.1 Å². The van der Waals surface area contributed by atoms with Crippen LogP contribution in [-0.2, 0) is 6.42 Å². The van der Waals surface area contributed by atoms with E-state index in [1.54, 1.807) is 0 Å². The third kappa shape index (κ3) is 2.01. The highest BCUT2D eigenvalue weighted by Crippen LogP contribution is 2.15. The summed E-state index contributed by atoms with van der Waals surface area (Å²) >= 11 is 0. The van der Waals surface area contributed by atoms with Crippen molar-refractivity contribution in [1.82, 2.24) is 9.78 Å². The number of H-pyrrole nitrogens is 1. The van der Waals surface area contributed by atoms with Crippen LogP contribution in [-0.4, -0.2) is 9.78 Å². The molecule has 1 aromatic heterocycles. The number of aryl methyl sites for hydroxylation is 1. The number of hydrogen-bond donors (Lipinski definition) is 2. The van der Waals surface area contributed by atoms with Crippen molar-refractivity contribution in [2.45, 2.75) is 19.8 Å². The van der Waals surface area contributed by atoms with E-state index in [1.165, 1.54) is 6.07 Å². The number of aromatic nitrogens is 2. The third-order valence-corrected chi connectivity index (χ3v) is 2.66. The Bertz CT molecular complexity index is 631. The second kappa shape index (κ2) is 4.64. The van der Waals surface area contributed by atoms with Gasteiger partial charge in [0.15, 0.2) is 5.82 Å². The number of nitrogens with one attached hydrogen (secondary N) is 1. The fourth-order valence-corrected chi connectivity index (χ4v) is 1.77. The van der Waals surface area contributed by atoms with Crippen LogP contribution >= 0.6 is 0 Å². The number of halogens is 2. The molecule has 4 nitrogen and oxygen atoms in total. The number of nitrogens with zero attached hydrogens (tertiary/aromatic N) is 1. The Hall–Kier alpha value is -2.11. The summed E-state index contributed by atoms with van der Waals surface area (Å²) < 4.78 is 27.4. The Morgan fingerprint density at radius 1 is 1.39 bits per heavy atom. The highest BCUT2D eigenvalue weighted by atomic mass is 19.1. The lowest BCUT2D eigenvalue weighted by atomic mass is 10.2. The zero-order valence-corrected chi connectivity index (χ0v) is 9.84. The molecule has 1 heterocycles. The molecule has 0 fully saturated rings. The van der Waals surface area contributed by atoms with Crippen LogP contribution in [0.15, 0.2) is 23.0 Å². The standard InChI is InChI=1S/C12H13F2N3O/c1-2-3-9-11(15)12(18)17(16-9)10-5-4-7(13)6-8(10)14/h4-6,16H,2-3,15H2,1H3. The quantitative estimate of drug-likeness (QED) is 0.878. The molecule has 0 saturated carbocycles. The lowest BCUT2D eigenvalue weighted by Crippen LogP contribution is -2.17. The first-order valence-corrected chi connectivity index (χ1v) is 5.59. The van der Waals surface area contributed by atoms with E-state index in [4.69, 9.17) is 5.73 Å². The van der Waals surface area contributed by atoms with Gasteiger partial charge in [-0.25, -0.2) is 13.5 Å². The van der Waals surface area contributed by atoms with Gasteiger partial charge in [0.05, 0.1) is 5.69 Å². The highest BCUT2D eigenvalue weighted by molar-refractivity contribution is 5.45. The number of anilines is 1. The number of benzene rings is 1. The van der Waals surface area contributed by atoms with Crippen molar-refractivity contribution in [2.24, 2.45) is 0 Å². The Morgan fingerprint density at radius 2 is 2.11 bits per heavy atom. The molecule has 0 atom stereocenters. The number of hydrogen-bond acceptors (Lipinski definition) is 2. The Labute approximate surface area is 102 Å². The fraction of sp³-hybridized carbons (Fsp3) is 0.250. The van der Waals surface area contributed by atoms with Crippen LogP contribution in [0.1, 0.15) is 19.0 Å². The van der Waals surface area contributed by atoms with Crippen LogP contribution in [0.4, 0.5) is 14.5 Å².